The molecule has 3 rings (SSSR count). The number of unbranched alkanes of at least 4 members (excludes halogenated alkanes) is 7. The SMILES string of the molecule is CCCCCCCC[C@H]1C(O)C[C@H](OC(=O)c2ccc(-c3ccccc3)cc2)[C@@H]1CCCCCC(C)(O[Si](C)(C)C(C)(C)C)C(=O)O. The van der Waals surface area contributed by atoms with Crippen molar-refractivity contribution >= 4 is 20.3 Å². The van der Waals surface area contributed by atoms with Crippen molar-refractivity contribution in [3.05, 3.63) is 60.2 Å². The fourth-order valence-electron chi connectivity index (χ4n) is 6.82. The van der Waals surface area contributed by atoms with Crippen molar-refractivity contribution in [2.75, 3.05) is 0 Å². The Kier molecular flexibility index (Phi) is 14.7. The number of carbonyl (C=O) groups excluding carboxylic acids is 1. The third-order valence-corrected chi connectivity index (χ3v) is 15.4. The van der Waals surface area contributed by atoms with Crippen LogP contribution in [0.3, 0.4) is 0 Å². The van der Waals surface area contributed by atoms with Gasteiger partial charge in [0.15, 0.2) is 13.9 Å². The molecule has 2 unspecified atom stereocenters. The summed E-state index contributed by atoms with van der Waals surface area (Å²) in [6.45, 7) is 14.5. The van der Waals surface area contributed by atoms with Gasteiger partial charge in [0.2, 0.25) is 0 Å². The van der Waals surface area contributed by atoms with Crippen LogP contribution in [0.15, 0.2) is 54.6 Å². The Bertz CT molecular complexity index is 1240. The average molecular weight is 667 g/mol. The molecule has 0 saturated heterocycles. The first kappa shape index (κ1) is 39.0. The van der Waals surface area contributed by atoms with Gasteiger partial charge in [-0.2, -0.15) is 0 Å². The van der Waals surface area contributed by atoms with E-state index in [-0.39, 0.29) is 28.9 Å². The lowest BCUT2D eigenvalue weighted by atomic mass is 9.84. The van der Waals surface area contributed by atoms with Gasteiger partial charge in [-0.1, -0.05) is 128 Å². The van der Waals surface area contributed by atoms with E-state index in [1.165, 1.54) is 25.7 Å². The highest BCUT2D eigenvalue weighted by atomic mass is 28.4. The predicted molar refractivity (Wildman–Crippen MR) is 194 cm³/mol. The Morgan fingerprint density at radius 1 is 0.787 bits per heavy atom. The molecule has 2 aromatic carbocycles. The number of aliphatic hydroxyl groups excluding tert-OH is 1. The third kappa shape index (κ3) is 11.3. The van der Waals surface area contributed by atoms with Gasteiger partial charge in [-0.25, -0.2) is 9.59 Å². The first-order valence-corrected chi connectivity index (χ1v) is 21.1. The minimum atomic E-state index is -2.26. The molecule has 0 heterocycles. The number of aliphatic hydroxyl groups is 1. The van der Waals surface area contributed by atoms with E-state index < -0.39 is 26.0 Å². The van der Waals surface area contributed by atoms with Gasteiger partial charge in [0.05, 0.1) is 11.7 Å². The molecule has 2 aromatic rings. The average Bonchev–Trinajstić information content (AvgIpc) is 3.31. The van der Waals surface area contributed by atoms with Crippen LogP contribution in [-0.4, -0.2) is 48.3 Å². The molecule has 1 fully saturated rings. The van der Waals surface area contributed by atoms with Gasteiger partial charge in [-0.3, -0.25) is 0 Å². The molecule has 0 aromatic heterocycles. The van der Waals surface area contributed by atoms with Crippen molar-refractivity contribution < 1.29 is 29.0 Å². The molecule has 7 heteroatoms. The van der Waals surface area contributed by atoms with Crippen LogP contribution in [0.1, 0.15) is 128 Å². The van der Waals surface area contributed by atoms with Crippen LogP contribution < -0.4 is 0 Å². The van der Waals surface area contributed by atoms with Crippen molar-refractivity contribution in [3.8, 4) is 11.1 Å². The lowest BCUT2D eigenvalue weighted by Gasteiger charge is -2.42. The Labute approximate surface area is 285 Å². The molecule has 0 spiro atoms. The summed E-state index contributed by atoms with van der Waals surface area (Å²) in [7, 11) is -2.26. The highest BCUT2D eigenvalue weighted by Crippen LogP contribution is 2.42. The van der Waals surface area contributed by atoms with Crippen molar-refractivity contribution in [3.63, 3.8) is 0 Å². The van der Waals surface area contributed by atoms with Gasteiger partial charge in [0.25, 0.3) is 0 Å². The summed E-state index contributed by atoms with van der Waals surface area (Å²) < 4.78 is 12.6. The lowest BCUT2D eigenvalue weighted by Crippen LogP contribution is -2.52. The number of carboxylic acids is 1. The van der Waals surface area contributed by atoms with Crippen LogP contribution in [0, 0.1) is 11.8 Å². The first-order chi connectivity index (χ1) is 22.2. The highest BCUT2D eigenvalue weighted by Gasteiger charge is 2.46. The summed E-state index contributed by atoms with van der Waals surface area (Å²) in [6.07, 6.45) is 11.6. The number of hydrogen-bond acceptors (Lipinski definition) is 5. The van der Waals surface area contributed by atoms with Gasteiger partial charge < -0.3 is 19.4 Å². The van der Waals surface area contributed by atoms with Gasteiger partial charge in [0.1, 0.15) is 6.10 Å². The lowest BCUT2D eigenvalue weighted by molar-refractivity contribution is -0.155. The second-order valence-electron chi connectivity index (χ2n) is 15.6. The van der Waals surface area contributed by atoms with Gasteiger partial charge >= 0.3 is 11.9 Å². The quantitative estimate of drug-likeness (QED) is 0.0880. The fourth-order valence-corrected chi connectivity index (χ4v) is 8.44. The highest BCUT2D eigenvalue weighted by molar-refractivity contribution is 6.74. The largest absolute Gasteiger partial charge is 0.479 e. The van der Waals surface area contributed by atoms with Crippen LogP contribution in [0.5, 0.6) is 0 Å². The normalized spacial score (nSPS) is 21.4. The molecule has 1 aliphatic carbocycles. The van der Waals surface area contributed by atoms with Crippen LogP contribution in [0.4, 0.5) is 0 Å². The van der Waals surface area contributed by atoms with Crippen molar-refractivity contribution in [1.29, 1.82) is 0 Å². The molecule has 0 bridgehead atoms. The number of benzene rings is 2. The van der Waals surface area contributed by atoms with E-state index >= 15 is 0 Å². The van der Waals surface area contributed by atoms with Gasteiger partial charge in [-0.05, 0) is 73.5 Å². The molecule has 5 atom stereocenters. The topological polar surface area (TPSA) is 93.1 Å². The Hall–Kier alpha value is -2.48. The monoisotopic (exact) mass is 666 g/mol. The molecule has 1 aliphatic rings. The number of carbonyl (C=O) groups is 2. The number of aliphatic carboxylic acids is 1. The molecule has 1 saturated carbocycles. The summed E-state index contributed by atoms with van der Waals surface area (Å²) in [5.41, 5.74) is 1.45. The van der Waals surface area contributed by atoms with E-state index in [4.69, 9.17) is 9.16 Å². The molecule has 0 aliphatic heterocycles. The molecule has 47 heavy (non-hydrogen) atoms. The zero-order chi connectivity index (χ0) is 34.7. The van der Waals surface area contributed by atoms with Crippen molar-refractivity contribution in [1.82, 2.24) is 0 Å². The maximum Gasteiger partial charge on any atom is 0.338 e. The first-order valence-electron chi connectivity index (χ1n) is 18.2. The number of ether oxygens (including phenoxy) is 1. The summed E-state index contributed by atoms with van der Waals surface area (Å²) >= 11 is 0. The van der Waals surface area contributed by atoms with E-state index in [1.807, 2.05) is 54.6 Å². The van der Waals surface area contributed by atoms with E-state index in [9.17, 15) is 19.8 Å². The van der Waals surface area contributed by atoms with E-state index in [0.29, 0.717) is 18.4 Å². The number of hydrogen-bond donors (Lipinski definition) is 2. The number of esters is 1. The van der Waals surface area contributed by atoms with E-state index in [1.54, 1.807) is 6.92 Å². The standard InChI is InChI=1S/C40H62O6Si/c1-8-9-10-11-12-17-22-33-34(23-18-14-19-28-40(5,38(43)44)46-47(6,7)39(2,3)4)36(29-35(33)41)45-37(42)32-26-24-31(25-27-32)30-20-15-13-16-21-30/h13,15-16,20-21,24-27,33-36,41H,8-12,14,17-19,22-23,28-29H2,1-7H3,(H,43,44)/t33-,34-,35?,36+,40?/m1/s1. The Morgan fingerprint density at radius 2 is 1.34 bits per heavy atom. The molecule has 0 radical (unpaired) electrons. The minimum Gasteiger partial charge on any atom is -0.479 e. The molecular weight excluding hydrogens is 605 g/mol. The summed E-state index contributed by atoms with van der Waals surface area (Å²) in [5, 5.41) is 21.2. The van der Waals surface area contributed by atoms with Gasteiger partial charge in [0, 0.05) is 12.3 Å². The van der Waals surface area contributed by atoms with Crippen LogP contribution in [0.25, 0.3) is 11.1 Å². The summed E-state index contributed by atoms with van der Waals surface area (Å²) in [6, 6.07) is 17.6. The molecule has 262 valence electrons. The third-order valence-electron chi connectivity index (χ3n) is 10.8. The maximum atomic E-state index is 13.3. The fraction of sp³-hybridized carbons (Fsp3) is 0.650. The Balaban J connectivity index is 1.63. The maximum absolute atomic E-state index is 13.3. The van der Waals surface area contributed by atoms with Crippen molar-refractivity contribution in [2.24, 2.45) is 11.8 Å². The smallest absolute Gasteiger partial charge is 0.338 e. The van der Waals surface area contributed by atoms with E-state index in [2.05, 4.69) is 40.8 Å². The van der Waals surface area contributed by atoms with Gasteiger partial charge in [-0.15, -0.1) is 0 Å². The second kappa shape index (κ2) is 17.8. The zero-order valence-corrected chi connectivity index (χ0v) is 31.2. The summed E-state index contributed by atoms with van der Waals surface area (Å²) in [4.78, 5) is 25.7. The minimum absolute atomic E-state index is 0.0750. The second-order valence-corrected chi connectivity index (χ2v) is 20.3. The molecule has 0 amide bonds. The summed E-state index contributed by atoms with van der Waals surface area (Å²) in [5.74, 6) is -1.05. The van der Waals surface area contributed by atoms with Crippen molar-refractivity contribution in [2.45, 2.75) is 154 Å². The van der Waals surface area contributed by atoms with E-state index in [0.717, 1.165) is 56.1 Å². The Morgan fingerprint density at radius 3 is 1.94 bits per heavy atom. The van der Waals surface area contributed by atoms with Crippen LogP contribution in [-0.2, 0) is 14.0 Å². The molecule has 2 N–H and O–H groups in total. The van der Waals surface area contributed by atoms with Crippen LogP contribution in [0.2, 0.25) is 18.1 Å². The number of carboxylic acid groups (broad SMARTS) is 1. The zero-order valence-electron chi connectivity index (χ0n) is 30.2. The predicted octanol–water partition coefficient (Wildman–Crippen LogP) is 10.4. The molecular formula is C40H62O6Si. The van der Waals surface area contributed by atoms with Crippen LogP contribution >= 0.6 is 0 Å². The molecule has 6 nitrogen and oxygen atoms in total. The number of rotatable bonds is 19.